The molecule has 0 fully saturated rings. The molecular formula is C17H18BrNO2. The number of allylic oxidation sites excluding steroid dienone is 2. The Morgan fingerprint density at radius 3 is 2.48 bits per heavy atom. The van der Waals surface area contributed by atoms with Crippen LogP contribution in [0.2, 0.25) is 0 Å². The number of halogens is 1. The van der Waals surface area contributed by atoms with Gasteiger partial charge in [-0.2, -0.15) is 0 Å². The third kappa shape index (κ3) is 2.82. The highest BCUT2D eigenvalue weighted by atomic mass is 79.9. The first-order valence-corrected chi connectivity index (χ1v) is 7.96. The Morgan fingerprint density at radius 1 is 1.14 bits per heavy atom. The van der Waals surface area contributed by atoms with E-state index in [1.54, 1.807) is 0 Å². The van der Waals surface area contributed by atoms with Crippen molar-refractivity contribution in [2.45, 2.75) is 39.0 Å². The standard InChI is InChI=1S/C17H18BrNO2/c1-17(2)8-13-16(14(20)9-17)12(7-15(21)19-13)10-3-5-11(18)6-4-10/h3-6,12H,7-9H2,1-2H3,(H,19,21). The number of ketones is 1. The quantitative estimate of drug-likeness (QED) is 0.841. The lowest BCUT2D eigenvalue weighted by molar-refractivity contribution is -0.122. The fourth-order valence-electron chi connectivity index (χ4n) is 3.34. The molecule has 2 aliphatic rings. The third-order valence-electron chi connectivity index (χ3n) is 4.22. The predicted molar refractivity (Wildman–Crippen MR) is 84.7 cm³/mol. The molecule has 1 aromatic rings. The van der Waals surface area contributed by atoms with E-state index in [0.717, 1.165) is 27.7 Å². The molecule has 1 amide bonds. The summed E-state index contributed by atoms with van der Waals surface area (Å²) in [6.07, 6.45) is 1.66. The molecule has 3 rings (SSSR count). The van der Waals surface area contributed by atoms with Crippen molar-refractivity contribution in [3.8, 4) is 0 Å². The van der Waals surface area contributed by atoms with Crippen LogP contribution in [0, 0.1) is 5.41 Å². The molecule has 1 aromatic carbocycles. The molecule has 1 atom stereocenters. The first-order chi connectivity index (χ1) is 9.85. The van der Waals surface area contributed by atoms with E-state index in [-0.39, 0.29) is 23.0 Å². The minimum absolute atomic E-state index is 0.00664. The molecule has 0 saturated heterocycles. The molecule has 4 heteroatoms. The van der Waals surface area contributed by atoms with Gasteiger partial charge in [-0.05, 0) is 29.5 Å². The van der Waals surface area contributed by atoms with Gasteiger partial charge in [0.25, 0.3) is 0 Å². The van der Waals surface area contributed by atoms with Gasteiger partial charge in [0.15, 0.2) is 5.78 Å². The first-order valence-electron chi connectivity index (χ1n) is 7.17. The highest BCUT2D eigenvalue weighted by molar-refractivity contribution is 9.10. The predicted octanol–water partition coefficient (Wildman–Crippen LogP) is 3.70. The van der Waals surface area contributed by atoms with E-state index in [2.05, 4.69) is 35.1 Å². The molecule has 110 valence electrons. The minimum atomic E-state index is -0.106. The van der Waals surface area contributed by atoms with Gasteiger partial charge in [-0.15, -0.1) is 0 Å². The molecule has 0 spiro atoms. The third-order valence-corrected chi connectivity index (χ3v) is 4.75. The second kappa shape index (κ2) is 5.09. The van der Waals surface area contributed by atoms with Crippen molar-refractivity contribution >= 4 is 27.6 Å². The molecule has 21 heavy (non-hydrogen) atoms. The normalized spacial score (nSPS) is 24.6. The summed E-state index contributed by atoms with van der Waals surface area (Å²) in [5.74, 6) is 0.0757. The van der Waals surface area contributed by atoms with Crippen LogP contribution in [0.25, 0.3) is 0 Å². The van der Waals surface area contributed by atoms with Gasteiger partial charge in [0.2, 0.25) is 5.91 Å². The largest absolute Gasteiger partial charge is 0.329 e. The maximum atomic E-state index is 12.6. The highest BCUT2D eigenvalue weighted by Gasteiger charge is 2.40. The van der Waals surface area contributed by atoms with Gasteiger partial charge < -0.3 is 5.32 Å². The fraction of sp³-hybridized carbons (Fsp3) is 0.412. The van der Waals surface area contributed by atoms with Crippen LogP contribution in [-0.4, -0.2) is 11.7 Å². The van der Waals surface area contributed by atoms with E-state index in [1.165, 1.54) is 0 Å². The molecule has 1 unspecified atom stereocenters. The molecule has 1 heterocycles. The van der Waals surface area contributed by atoms with Gasteiger partial charge in [-0.3, -0.25) is 9.59 Å². The van der Waals surface area contributed by atoms with E-state index >= 15 is 0 Å². The van der Waals surface area contributed by atoms with Crippen molar-refractivity contribution in [3.63, 3.8) is 0 Å². The molecule has 0 saturated carbocycles. The van der Waals surface area contributed by atoms with E-state index in [1.807, 2.05) is 24.3 Å². The SMILES string of the molecule is CC1(C)CC(=O)C2=C(C1)NC(=O)CC2c1ccc(Br)cc1. The van der Waals surface area contributed by atoms with E-state index in [4.69, 9.17) is 0 Å². The summed E-state index contributed by atoms with van der Waals surface area (Å²) >= 11 is 3.42. The number of nitrogens with one attached hydrogen (secondary N) is 1. The number of rotatable bonds is 1. The maximum absolute atomic E-state index is 12.6. The Bertz CT molecular complexity index is 643. The average Bonchev–Trinajstić information content (AvgIpc) is 2.36. The Kier molecular flexibility index (Phi) is 3.52. The van der Waals surface area contributed by atoms with Crippen molar-refractivity contribution in [3.05, 3.63) is 45.6 Å². The van der Waals surface area contributed by atoms with Crippen molar-refractivity contribution in [1.29, 1.82) is 0 Å². The number of Topliss-reactive ketones (excluding diaryl/α,β-unsaturated/α-hetero) is 1. The molecular weight excluding hydrogens is 330 g/mol. The van der Waals surface area contributed by atoms with Crippen LogP contribution in [-0.2, 0) is 9.59 Å². The molecule has 0 radical (unpaired) electrons. The Balaban J connectivity index is 2.06. The summed E-state index contributed by atoms with van der Waals surface area (Å²) in [6, 6.07) is 7.90. The number of hydrogen-bond donors (Lipinski definition) is 1. The van der Waals surface area contributed by atoms with Gasteiger partial charge in [0, 0.05) is 34.5 Å². The smallest absolute Gasteiger partial charge is 0.225 e. The summed E-state index contributed by atoms with van der Waals surface area (Å²) in [5.41, 5.74) is 2.61. The average molecular weight is 348 g/mol. The molecule has 1 aliphatic heterocycles. The van der Waals surface area contributed by atoms with Crippen LogP contribution in [0.1, 0.15) is 44.6 Å². The zero-order valence-electron chi connectivity index (χ0n) is 12.2. The van der Waals surface area contributed by atoms with Crippen LogP contribution in [0.15, 0.2) is 40.0 Å². The number of hydrogen-bond acceptors (Lipinski definition) is 2. The lowest BCUT2D eigenvalue weighted by Crippen LogP contribution is -2.40. The van der Waals surface area contributed by atoms with Crippen LogP contribution in [0.4, 0.5) is 0 Å². The number of carbonyl (C=O) groups excluding carboxylic acids is 2. The van der Waals surface area contributed by atoms with Crippen LogP contribution < -0.4 is 5.32 Å². The molecule has 0 aromatic heterocycles. The topological polar surface area (TPSA) is 46.2 Å². The second-order valence-electron chi connectivity index (χ2n) is 6.69. The first kappa shape index (κ1) is 14.5. The van der Waals surface area contributed by atoms with E-state index in [9.17, 15) is 9.59 Å². The summed E-state index contributed by atoms with van der Waals surface area (Å²) in [7, 11) is 0. The number of benzene rings is 1. The van der Waals surface area contributed by atoms with Gasteiger partial charge in [0.05, 0.1) is 0 Å². The second-order valence-corrected chi connectivity index (χ2v) is 7.61. The zero-order valence-corrected chi connectivity index (χ0v) is 13.8. The van der Waals surface area contributed by atoms with Gasteiger partial charge in [0.1, 0.15) is 0 Å². The molecule has 0 bridgehead atoms. The van der Waals surface area contributed by atoms with Crippen molar-refractivity contribution in [2.24, 2.45) is 5.41 Å². The Labute approximate surface area is 132 Å². The summed E-state index contributed by atoms with van der Waals surface area (Å²) in [4.78, 5) is 24.6. The summed E-state index contributed by atoms with van der Waals surface area (Å²) < 4.78 is 0.997. The van der Waals surface area contributed by atoms with Gasteiger partial charge in [-0.1, -0.05) is 41.9 Å². The van der Waals surface area contributed by atoms with Gasteiger partial charge >= 0.3 is 0 Å². The lowest BCUT2D eigenvalue weighted by Gasteiger charge is -2.37. The van der Waals surface area contributed by atoms with E-state index < -0.39 is 0 Å². The highest BCUT2D eigenvalue weighted by Crippen LogP contribution is 2.43. The molecule has 1 N–H and O–H groups in total. The number of carbonyl (C=O) groups is 2. The van der Waals surface area contributed by atoms with E-state index in [0.29, 0.717) is 12.8 Å². The van der Waals surface area contributed by atoms with Gasteiger partial charge in [-0.25, -0.2) is 0 Å². The fourth-order valence-corrected chi connectivity index (χ4v) is 3.60. The van der Waals surface area contributed by atoms with Crippen LogP contribution in [0.5, 0.6) is 0 Å². The summed E-state index contributed by atoms with van der Waals surface area (Å²) in [5, 5.41) is 2.93. The minimum Gasteiger partial charge on any atom is -0.329 e. The molecule has 3 nitrogen and oxygen atoms in total. The van der Waals surface area contributed by atoms with Crippen LogP contribution in [0.3, 0.4) is 0 Å². The molecule has 1 aliphatic carbocycles. The van der Waals surface area contributed by atoms with Crippen LogP contribution >= 0.6 is 15.9 Å². The maximum Gasteiger partial charge on any atom is 0.225 e. The Morgan fingerprint density at radius 2 is 1.81 bits per heavy atom. The lowest BCUT2D eigenvalue weighted by atomic mass is 9.70. The summed E-state index contributed by atoms with van der Waals surface area (Å²) in [6.45, 7) is 4.15. The number of amides is 1. The Hall–Kier alpha value is -1.42. The van der Waals surface area contributed by atoms with Crippen molar-refractivity contribution < 1.29 is 9.59 Å². The van der Waals surface area contributed by atoms with Crippen molar-refractivity contribution in [2.75, 3.05) is 0 Å². The zero-order chi connectivity index (χ0) is 15.2. The monoisotopic (exact) mass is 347 g/mol. The van der Waals surface area contributed by atoms with Crippen molar-refractivity contribution in [1.82, 2.24) is 5.32 Å².